The topological polar surface area (TPSA) is 42.7 Å². The Bertz CT molecular complexity index is 220. The van der Waals surface area contributed by atoms with E-state index in [4.69, 9.17) is 0 Å². The van der Waals surface area contributed by atoms with Crippen LogP contribution in [-0.2, 0) is 0 Å². The van der Waals surface area contributed by atoms with Gasteiger partial charge in [-0.2, -0.15) is 5.10 Å². The van der Waals surface area contributed by atoms with E-state index in [0.717, 1.165) is 13.0 Å². The molecular formula is C9H18N4. The van der Waals surface area contributed by atoms with E-state index < -0.39 is 0 Å². The Balaban J connectivity index is 2.43. The highest BCUT2D eigenvalue weighted by molar-refractivity contribution is 4.74. The summed E-state index contributed by atoms with van der Waals surface area (Å²) in [5.74, 6) is 0. The highest BCUT2D eigenvalue weighted by atomic mass is 15.3. The molecule has 0 aliphatic carbocycles. The lowest BCUT2D eigenvalue weighted by molar-refractivity contribution is 0.366. The van der Waals surface area contributed by atoms with Crippen LogP contribution in [0.15, 0.2) is 12.7 Å². The molecule has 1 heterocycles. The molecule has 0 spiro atoms. The Hall–Kier alpha value is -0.900. The minimum absolute atomic E-state index is 0.356. The van der Waals surface area contributed by atoms with Crippen molar-refractivity contribution >= 4 is 0 Å². The zero-order chi connectivity index (χ0) is 9.68. The lowest BCUT2D eigenvalue weighted by Crippen LogP contribution is -2.34. The first-order chi connectivity index (χ1) is 6.25. The van der Waals surface area contributed by atoms with Crippen molar-refractivity contribution in [2.45, 2.75) is 39.3 Å². The Labute approximate surface area is 79.4 Å². The van der Waals surface area contributed by atoms with Gasteiger partial charge in [-0.1, -0.05) is 6.92 Å². The number of rotatable bonds is 5. The second-order valence-electron chi connectivity index (χ2n) is 3.36. The summed E-state index contributed by atoms with van der Waals surface area (Å²) in [6.07, 6.45) is 4.49. The molecule has 2 atom stereocenters. The summed E-state index contributed by atoms with van der Waals surface area (Å²) in [5, 5.41) is 7.54. The smallest absolute Gasteiger partial charge is 0.137 e. The van der Waals surface area contributed by atoms with Crippen molar-refractivity contribution in [3.8, 4) is 0 Å². The maximum Gasteiger partial charge on any atom is 0.137 e. The van der Waals surface area contributed by atoms with Gasteiger partial charge in [0, 0.05) is 6.04 Å². The summed E-state index contributed by atoms with van der Waals surface area (Å²) < 4.78 is 1.88. The summed E-state index contributed by atoms with van der Waals surface area (Å²) >= 11 is 0. The molecule has 4 nitrogen and oxygen atoms in total. The van der Waals surface area contributed by atoms with Gasteiger partial charge in [0.25, 0.3) is 0 Å². The molecule has 74 valence electrons. The summed E-state index contributed by atoms with van der Waals surface area (Å²) in [7, 11) is 0. The van der Waals surface area contributed by atoms with Crippen molar-refractivity contribution < 1.29 is 0 Å². The van der Waals surface area contributed by atoms with Crippen LogP contribution in [-0.4, -0.2) is 27.4 Å². The molecule has 0 aromatic carbocycles. The summed E-state index contributed by atoms with van der Waals surface area (Å²) in [4.78, 5) is 3.93. The fraction of sp³-hybridized carbons (Fsp3) is 0.778. The molecule has 0 saturated heterocycles. The van der Waals surface area contributed by atoms with Crippen molar-refractivity contribution in [2.75, 3.05) is 6.54 Å². The fourth-order valence-corrected chi connectivity index (χ4v) is 1.20. The third kappa shape index (κ3) is 2.81. The minimum Gasteiger partial charge on any atom is -0.312 e. The van der Waals surface area contributed by atoms with Gasteiger partial charge in [-0.05, 0) is 26.8 Å². The molecule has 1 rings (SSSR count). The van der Waals surface area contributed by atoms with E-state index in [1.165, 1.54) is 0 Å². The van der Waals surface area contributed by atoms with Gasteiger partial charge >= 0.3 is 0 Å². The van der Waals surface area contributed by atoms with Crippen LogP contribution in [0.2, 0.25) is 0 Å². The van der Waals surface area contributed by atoms with Gasteiger partial charge in [0.15, 0.2) is 0 Å². The molecule has 0 radical (unpaired) electrons. The molecular weight excluding hydrogens is 164 g/mol. The summed E-state index contributed by atoms with van der Waals surface area (Å²) in [6, 6.07) is 0.788. The van der Waals surface area contributed by atoms with Crippen molar-refractivity contribution in [2.24, 2.45) is 0 Å². The minimum atomic E-state index is 0.356. The van der Waals surface area contributed by atoms with Crippen LogP contribution in [0.4, 0.5) is 0 Å². The maximum atomic E-state index is 4.11. The van der Waals surface area contributed by atoms with Gasteiger partial charge < -0.3 is 5.32 Å². The average Bonchev–Trinajstić information content (AvgIpc) is 2.65. The van der Waals surface area contributed by atoms with Crippen LogP contribution in [0.1, 0.15) is 33.2 Å². The lowest BCUT2D eigenvalue weighted by Gasteiger charge is -2.20. The molecule has 1 N–H and O–H groups in total. The fourth-order valence-electron chi connectivity index (χ4n) is 1.20. The third-order valence-corrected chi connectivity index (χ3v) is 2.29. The van der Waals surface area contributed by atoms with Gasteiger partial charge in [0.1, 0.15) is 12.7 Å². The Morgan fingerprint density at radius 3 is 2.77 bits per heavy atom. The number of hydrogen-bond donors (Lipinski definition) is 1. The molecule has 4 heteroatoms. The first-order valence-corrected chi connectivity index (χ1v) is 4.83. The van der Waals surface area contributed by atoms with Crippen LogP contribution >= 0.6 is 0 Å². The van der Waals surface area contributed by atoms with Crippen molar-refractivity contribution in [1.29, 1.82) is 0 Å². The molecule has 0 amide bonds. The first-order valence-electron chi connectivity index (χ1n) is 4.83. The molecule has 0 aliphatic rings. The molecule has 2 unspecified atom stereocenters. The van der Waals surface area contributed by atoms with Crippen molar-refractivity contribution in [1.82, 2.24) is 20.1 Å². The second-order valence-corrected chi connectivity index (χ2v) is 3.36. The molecule has 1 aromatic heterocycles. The highest BCUT2D eigenvalue weighted by Gasteiger charge is 2.12. The largest absolute Gasteiger partial charge is 0.312 e. The van der Waals surface area contributed by atoms with Crippen LogP contribution in [0.25, 0.3) is 0 Å². The van der Waals surface area contributed by atoms with Crippen molar-refractivity contribution in [3.05, 3.63) is 12.7 Å². The van der Waals surface area contributed by atoms with E-state index in [9.17, 15) is 0 Å². The van der Waals surface area contributed by atoms with Gasteiger partial charge in [-0.15, -0.1) is 0 Å². The Morgan fingerprint density at radius 2 is 2.23 bits per heavy atom. The normalized spacial score (nSPS) is 15.6. The molecule has 0 aliphatic heterocycles. The van der Waals surface area contributed by atoms with Gasteiger partial charge in [0.2, 0.25) is 0 Å². The predicted molar refractivity (Wildman–Crippen MR) is 52.5 cm³/mol. The van der Waals surface area contributed by atoms with E-state index >= 15 is 0 Å². The van der Waals surface area contributed by atoms with E-state index in [0.29, 0.717) is 12.1 Å². The van der Waals surface area contributed by atoms with E-state index in [1.807, 2.05) is 4.68 Å². The third-order valence-electron chi connectivity index (χ3n) is 2.29. The van der Waals surface area contributed by atoms with Gasteiger partial charge in [-0.3, -0.25) is 0 Å². The SMILES string of the molecule is CCCNC(C)C(C)n1cncn1. The van der Waals surface area contributed by atoms with E-state index in [1.54, 1.807) is 12.7 Å². The lowest BCUT2D eigenvalue weighted by atomic mass is 10.2. The number of hydrogen-bond acceptors (Lipinski definition) is 3. The quantitative estimate of drug-likeness (QED) is 0.744. The average molecular weight is 182 g/mol. The number of nitrogens with one attached hydrogen (secondary N) is 1. The van der Waals surface area contributed by atoms with Crippen LogP contribution in [0.5, 0.6) is 0 Å². The first kappa shape index (κ1) is 10.2. The van der Waals surface area contributed by atoms with E-state index in [-0.39, 0.29) is 0 Å². The van der Waals surface area contributed by atoms with Crippen LogP contribution < -0.4 is 5.32 Å². The molecule has 1 aromatic rings. The molecule has 0 bridgehead atoms. The number of aromatic nitrogens is 3. The predicted octanol–water partition coefficient (Wildman–Crippen LogP) is 1.23. The maximum absolute atomic E-state index is 4.11. The standard InChI is InChI=1S/C9H18N4/c1-4-5-11-8(2)9(3)13-7-10-6-12-13/h6-9,11H,4-5H2,1-3H3. The summed E-state index contributed by atoms with van der Waals surface area (Å²) in [6.45, 7) is 7.53. The Kier molecular flexibility index (Phi) is 3.89. The zero-order valence-corrected chi connectivity index (χ0v) is 8.57. The Morgan fingerprint density at radius 1 is 1.46 bits per heavy atom. The zero-order valence-electron chi connectivity index (χ0n) is 8.57. The molecule has 13 heavy (non-hydrogen) atoms. The summed E-state index contributed by atoms with van der Waals surface area (Å²) in [5.41, 5.74) is 0. The van der Waals surface area contributed by atoms with Gasteiger partial charge in [-0.25, -0.2) is 9.67 Å². The number of nitrogens with zero attached hydrogens (tertiary/aromatic N) is 3. The van der Waals surface area contributed by atoms with Gasteiger partial charge in [0.05, 0.1) is 6.04 Å². The van der Waals surface area contributed by atoms with E-state index in [2.05, 4.69) is 36.2 Å². The van der Waals surface area contributed by atoms with Crippen LogP contribution in [0.3, 0.4) is 0 Å². The molecule has 0 fully saturated rings. The monoisotopic (exact) mass is 182 g/mol. The van der Waals surface area contributed by atoms with Crippen molar-refractivity contribution in [3.63, 3.8) is 0 Å². The molecule has 0 saturated carbocycles. The highest BCUT2D eigenvalue weighted by Crippen LogP contribution is 2.07. The van der Waals surface area contributed by atoms with Crippen LogP contribution in [0, 0.1) is 0 Å². The second kappa shape index (κ2) is 4.97.